The highest BCUT2D eigenvalue weighted by Gasteiger charge is 2.25. The van der Waals surface area contributed by atoms with Gasteiger partial charge in [-0.3, -0.25) is 38.4 Å². The number of methoxy groups -OCH3 is 1. The van der Waals surface area contributed by atoms with Crippen LogP contribution in [0.5, 0.6) is 0 Å². The van der Waals surface area contributed by atoms with E-state index in [-0.39, 0.29) is 88.0 Å². The van der Waals surface area contributed by atoms with E-state index in [1.807, 2.05) is 90.0 Å². The summed E-state index contributed by atoms with van der Waals surface area (Å²) >= 11 is 0. The van der Waals surface area contributed by atoms with Crippen LogP contribution in [0.2, 0.25) is 0 Å². The van der Waals surface area contributed by atoms with Crippen LogP contribution in [0.25, 0.3) is 0 Å². The largest absolute Gasteiger partial charge is 0.385 e. The molecule has 0 heterocycles. The van der Waals surface area contributed by atoms with Crippen molar-refractivity contribution in [1.82, 2.24) is 16.0 Å². The van der Waals surface area contributed by atoms with Crippen molar-refractivity contribution in [3.63, 3.8) is 0 Å². The average molecular weight is 1210 g/mol. The Bertz CT molecular complexity index is 1800. The van der Waals surface area contributed by atoms with Gasteiger partial charge in [0.25, 0.3) is 0 Å². The van der Waals surface area contributed by atoms with Crippen LogP contribution >= 0.6 is 0 Å². The predicted molar refractivity (Wildman–Crippen MR) is 353 cm³/mol. The number of Topliss-reactive ketones (excluding diaryl/α,β-unsaturated/α-hetero) is 6. The maximum atomic E-state index is 12.5. The quantitative estimate of drug-likeness (QED) is 0.0495. The van der Waals surface area contributed by atoms with Crippen molar-refractivity contribution < 1.29 is 57.3 Å². The molecule has 3 N–H and O–H groups in total. The fourth-order valence-electron chi connectivity index (χ4n) is 6.79. The van der Waals surface area contributed by atoms with E-state index in [1.165, 1.54) is 0 Å². The highest BCUT2D eigenvalue weighted by molar-refractivity contribution is 5.90. The molecule has 0 saturated heterocycles. The van der Waals surface area contributed by atoms with Crippen LogP contribution in [-0.4, -0.2) is 125 Å². The Morgan fingerprint density at radius 2 is 0.800 bits per heavy atom. The van der Waals surface area contributed by atoms with Crippen molar-refractivity contribution >= 4 is 46.5 Å². The van der Waals surface area contributed by atoms with Crippen molar-refractivity contribution in [2.24, 2.45) is 50.7 Å². The smallest absolute Gasteiger partial charge is 0.222 e. The van der Waals surface area contributed by atoms with Crippen molar-refractivity contribution in [3.8, 4) is 0 Å². The molecule has 504 valence electrons. The maximum absolute atomic E-state index is 12.5. The van der Waals surface area contributed by atoms with Crippen molar-refractivity contribution in [1.29, 1.82) is 0 Å². The van der Waals surface area contributed by atoms with Gasteiger partial charge in [0.1, 0.15) is 28.9 Å². The molecule has 15 nitrogen and oxygen atoms in total. The third-order valence-electron chi connectivity index (χ3n) is 13.1. The molecule has 0 aliphatic heterocycles. The first-order valence-electron chi connectivity index (χ1n) is 32.3. The van der Waals surface area contributed by atoms with Gasteiger partial charge in [-0.15, -0.1) is 0 Å². The van der Waals surface area contributed by atoms with Crippen LogP contribution in [0.1, 0.15) is 276 Å². The number of amides is 2. The number of carbonyl (C=O) groups is 8. The van der Waals surface area contributed by atoms with Gasteiger partial charge in [-0.1, -0.05) is 159 Å². The average Bonchev–Trinajstić information content (AvgIpc) is 3.35. The second-order valence-electron chi connectivity index (χ2n) is 30.7. The third kappa shape index (κ3) is 68.1. The SMILES string of the molecule is CC(C)(C)CCCC(=O)C(C)(C)C.CC(C)(C)CCOCCC(=O)C(C)(C)C.CC(C)C(=O)CCOCCNC(C)(C)C.CC(C)CCC(=O)C(C)(C)C.COCCCC(=O)C(CCC(=O)C(C)C)NC(=O)CCOCCNC(=O)CCC(C)C. The molecule has 0 aliphatic rings. The first-order chi connectivity index (χ1) is 38.6. The molecular weight excluding hydrogens is 1070 g/mol. The zero-order valence-corrected chi connectivity index (χ0v) is 60.3. The van der Waals surface area contributed by atoms with Gasteiger partial charge < -0.3 is 34.9 Å². The van der Waals surface area contributed by atoms with E-state index in [0.29, 0.717) is 112 Å². The zero-order valence-electron chi connectivity index (χ0n) is 60.3. The van der Waals surface area contributed by atoms with Crippen LogP contribution in [0.3, 0.4) is 0 Å². The van der Waals surface area contributed by atoms with Gasteiger partial charge in [-0.25, -0.2) is 0 Å². The van der Waals surface area contributed by atoms with Crippen LogP contribution < -0.4 is 16.0 Å². The van der Waals surface area contributed by atoms with Gasteiger partial charge in [-0.05, 0) is 88.4 Å². The maximum Gasteiger partial charge on any atom is 0.222 e. The van der Waals surface area contributed by atoms with E-state index in [1.54, 1.807) is 7.11 Å². The van der Waals surface area contributed by atoms with Crippen LogP contribution in [0.15, 0.2) is 0 Å². The van der Waals surface area contributed by atoms with E-state index < -0.39 is 6.04 Å². The summed E-state index contributed by atoms with van der Waals surface area (Å²) in [6.07, 6.45) is 9.66. The topological polar surface area (TPSA) is 210 Å². The number of rotatable bonds is 37. The highest BCUT2D eigenvalue weighted by atomic mass is 16.5. The summed E-state index contributed by atoms with van der Waals surface area (Å²) in [6, 6.07) is -0.674. The molecule has 0 saturated carbocycles. The minimum Gasteiger partial charge on any atom is -0.385 e. The predicted octanol–water partition coefficient (Wildman–Crippen LogP) is 14.7. The van der Waals surface area contributed by atoms with Gasteiger partial charge in [0.15, 0.2) is 5.78 Å². The molecule has 15 heteroatoms. The van der Waals surface area contributed by atoms with Gasteiger partial charge >= 0.3 is 0 Å². The minimum atomic E-state index is -0.674. The Morgan fingerprint density at radius 3 is 1.25 bits per heavy atom. The summed E-state index contributed by atoms with van der Waals surface area (Å²) in [6.45, 7) is 58.0. The second kappa shape index (κ2) is 48.7. The molecule has 0 rings (SSSR count). The number of carbonyl (C=O) groups excluding carboxylic acids is 8. The minimum absolute atomic E-state index is 0.000755. The highest BCUT2D eigenvalue weighted by Crippen LogP contribution is 2.25. The molecule has 1 unspecified atom stereocenters. The van der Waals surface area contributed by atoms with E-state index in [4.69, 9.17) is 18.9 Å². The molecule has 85 heavy (non-hydrogen) atoms. The Hall–Kier alpha value is -3.24. The lowest BCUT2D eigenvalue weighted by Crippen LogP contribution is -2.41. The molecule has 0 fully saturated rings. The lowest BCUT2D eigenvalue weighted by molar-refractivity contribution is -0.129. The van der Waals surface area contributed by atoms with E-state index >= 15 is 0 Å². The molecule has 0 spiro atoms. The Morgan fingerprint density at radius 1 is 0.376 bits per heavy atom. The number of hydrogen-bond acceptors (Lipinski definition) is 13. The Labute approximate surface area is 522 Å². The first-order valence-corrected chi connectivity index (χ1v) is 32.3. The summed E-state index contributed by atoms with van der Waals surface area (Å²) in [7, 11) is 1.57. The number of ether oxygens (including phenoxy) is 4. The summed E-state index contributed by atoms with van der Waals surface area (Å²) in [5, 5.41) is 8.85. The molecule has 0 aliphatic carbocycles. The van der Waals surface area contributed by atoms with Crippen LogP contribution in [0.4, 0.5) is 0 Å². The summed E-state index contributed by atoms with van der Waals surface area (Å²) in [5.74, 6) is 2.17. The molecule has 0 bridgehead atoms. The van der Waals surface area contributed by atoms with E-state index in [0.717, 1.165) is 58.1 Å². The Balaban J connectivity index is -0.000000335. The molecule has 0 radical (unpaired) electrons. The van der Waals surface area contributed by atoms with Gasteiger partial charge in [-0.2, -0.15) is 0 Å². The van der Waals surface area contributed by atoms with Gasteiger partial charge in [0.2, 0.25) is 11.8 Å². The summed E-state index contributed by atoms with van der Waals surface area (Å²) in [4.78, 5) is 93.9. The van der Waals surface area contributed by atoms with Crippen molar-refractivity contribution in [3.05, 3.63) is 0 Å². The lowest BCUT2D eigenvalue weighted by atomic mass is 9.84. The number of nitrogens with one attached hydrogen (secondary N) is 3. The molecule has 0 aromatic rings. The zero-order chi connectivity index (χ0) is 67.4. The van der Waals surface area contributed by atoms with Crippen LogP contribution in [-0.2, 0) is 57.3 Å². The van der Waals surface area contributed by atoms with Gasteiger partial charge in [0.05, 0.1) is 39.1 Å². The van der Waals surface area contributed by atoms with Crippen molar-refractivity contribution in [2.45, 2.75) is 288 Å². The molecular formula is C70H137N3O12. The second-order valence-corrected chi connectivity index (χ2v) is 30.7. The lowest BCUT2D eigenvalue weighted by Gasteiger charge is -2.20. The standard InChI is InChI=1S/C23H42N2O6.C13H26O2.C12H25NO2.C12H24O.C10H20O/c1-17(2)8-11-22(28)24-13-16-31-15-12-23(29)25-19(9-10-20(26)18(3)4)21(27)7-6-14-30-5;1-12(2,3)8-10-15-9-7-11(14)13(4,5)6;1-10(2)11(14)6-8-15-9-7-13-12(3,4)5;1-11(2,3)9-7-8-10(13)12(4,5)6;1-8(2)6-7-9(11)10(3,4)5/h17-19H,6-16H2,1-5H3,(H,24,28)(H,25,29);7-10H2,1-6H3;10,13H,6-9H2,1-5H3;7-9H2,1-6H3;8H,6-7H2,1-5H3. The van der Waals surface area contributed by atoms with Crippen molar-refractivity contribution in [2.75, 3.05) is 66.4 Å². The summed E-state index contributed by atoms with van der Waals surface area (Å²) < 4.78 is 21.2. The molecule has 0 aromatic carbocycles. The molecule has 0 aromatic heterocycles. The van der Waals surface area contributed by atoms with Gasteiger partial charge in [0, 0.05) is 118 Å². The molecule has 1 atom stereocenters. The number of hydrogen-bond donors (Lipinski definition) is 3. The third-order valence-corrected chi connectivity index (χ3v) is 13.1. The monoisotopic (exact) mass is 1210 g/mol. The van der Waals surface area contributed by atoms with E-state index in [9.17, 15) is 38.4 Å². The fourth-order valence-corrected chi connectivity index (χ4v) is 6.79. The first kappa shape index (κ1) is 90.5. The normalized spacial score (nSPS) is 12.4. The Kier molecular flexibility index (Phi) is 51.8. The van der Waals surface area contributed by atoms with E-state index in [2.05, 4.69) is 106 Å². The number of ketones is 6. The fraction of sp³-hybridized carbons (Fsp3) is 0.886. The molecule has 2 amide bonds. The summed E-state index contributed by atoms with van der Waals surface area (Å²) in [5.41, 5.74) is 0.281. The van der Waals surface area contributed by atoms with Crippen LogP contribution in [0, 0.1) is 50.7 Å².